The molecule has 1 heterocycles. The van der Waals surface area contributed by atoms with E-state index in [9.17, 15) is 4.79 Å². The normalized spacial score (nSPS) is 19.8. The van der Waals surface area contributed by atoms with Crippen LogP contribution < -0.4 is 10.4 Å². The summed E-state index contributed by atoms with van der Waals surface area (Å²) in [6.07, 6.45) is -0.451. The molecule has 1 unspecified atom stereocenters. The van der Waals surface area contributed by atoms with E-state index in [0.717, 1.165) is 5.69 Å². The standard InChI is InChI=1S/C9H10N2O2/c1-10-8(12)9-11(13-9)7-5-3-2-4-6-7/h2-6,9H,1H3,(H,10,12). The molecule has 13 heavy (non-hydrogen) atoms. The maximum Gasteiger partial charge on any atom is 0.274 e. The van der Waals surface area contributed by atoms with Gasteiger partial charge in [-0.1, -0.05) is 18.2 Å². The summed E-state index contributed by atoms with van der Waals surface area (Å²) in [5.41, 5.74) is 0.899. The van der Waals surface area contributed by atoms with Crippen LogP contribution in [0.15, 0.2) is 30.3 Å². The lowest BCUT2D eigenvalue weighted by Crippen LogP contribution is -2.26. The number of nitrogens with zero attached hydrogens (tertiary/aromatic N) is 1. The van der Waals surface area contributed by atoms with Crippen LogP contribution in [0, 0.1) is 0 Å². The lowest BCUT2D eigenvalue weighted by molar-refractivity contribution is -0.121. The van der Waals surface area contributed by atoms with Crippen LogP contribution in [0.2, 0.25) is 0 Å². The summed E-state index contributed by atoms with van der Waals surface area (Å²) in [6, 6.07) is 9.50. The summed E-state index contributed by atoms with van der Waals surface area (Å²) in [6.45, 7) is 0. The Hall–Kier alpha value is -1.55. The number of benzene rings is 1. The first kappa shape index (κ1) is 8.07. The summed E-state index contributed by atoms with van der Waals surface area (Å²) in [5.74, 6) is -0.121. The fourth-order valence-electron chi connectivity index (χ4n) is 1.13. The van der Waals surface area contributed by atoms with Gasteiger partial charge in [0.1, 0.15) is 0 Å². The zero-order chi connectivity index (χ0) is 9.26. The maximum atomic E-state index is 11.1. The minimum atomic E-state index is -0.451. The van der Waals surface area contributed by atoms with E-state index in [1.165, 1.54) is 0 Å². The topological polar surface area (TPSA) is 44.6 Å². The van der Waals surface area contributed by atoms with Crippen LogP contribution in [0.25, 0.3) is 0 Å². The summed E-state index contributed by atoms with van der Waals surface area (Å²) in [5, 5.41) is 4.09. The predicted molar refractivity (Wildman–Crippen MR) is 47.9 cm³/mol. The Morgan fingerprint density at radius 2 is 2.15 bits per heavy atom. The van der Waals surface area contributed by atoms with Crippen molar-refractivity contribution >= 4 is 11.6 Å². The summed E-state index contributed by atoms with van der Waals surface area (Å²) in [4.78, 5) is 16.2. The molecule has 0 aromatic heterocycles. The van der Waals surface area contributed by atoms with Gasteiger partial charge in [-0.25, -0.2) is 9.90 Å². The molecule has 0 aliphatic carbocycles. The molecule has 0 saturated carbocycles. The van der Waals surface area contributed by atoms with Gasteiger partial charge in [-0.15, -0.1) is 0 Å². The molecule has 1 aromatic rings. The number of hydrogen-bond donors (Lipinski definition) is 1. The molecule has 4 nitrogen and oxygen atoms in total. The molecule has 1 aromatic carbocycles. The van der Waals surface area contributed by atoms with Crippen LogP contribution in [-0.2, 0) is 9.63 Å². The van der Waals surface area contributed by atoms with Crippen molar-refractivity contribution in [3.8, 4) is 0 Å². The molecule has 0 radical (unpaired) electrons. The highest BCUT2D eigenvalue weighted by molar-refractivity contribution is 5.85. The molecule has 68 valence electrons. The molecule has 4 heteroatoms. The minimum Gasteiger partial charge on any atom is -0.355 e. The number of amides is 1. The number of hydrogen-bond acceptors (Lipinski definition) is 3. The van der Waals surface area contributed by atoms with Crippen LogP contribution in [0.1, 0.15) is 0 Å². The highest BCUT2D eigenvalue weighted by Crippen LogP contribution is 2.28. The maximum absolute atomic E-state index is 11.1. The number of rotatable bonds is 2. The predicted octanol–water partition coefficient (Wildman–Crippen LogP) is 0.510. The molecular formula is C9H10N2O2. The van der Waals surface area contributed by atoms with Gasteiger partial charge in [0.25, 0.3) is 12.1 Å². The van der Waals surface area contributed by atoms with Crippen molar-refractivity contribution in [2.45, 2.75) is 6.23 Å². The first-order valence-electron chi connectivity index (χ1n) is 4.05. The summed E-state index contributed by atoms with van der Waals surface area (Å²) in [7, 11) is 1.59. The van der Waals surface area contributed by atoms with Gasteiger partial charge in [0.2, 0.25) is 0 Å². The number of nitrogens with one attached hydrogen (secondary N) is 1. The van der Waals surface area contributed by atoms with E-state index >= 15 is 0 Å². The second-order valence-corrected chi connectivity index (χ2v) is 2.73. The average molecular weight is 178 g/mol. The van der Waals surface area contributed by atoms with Gasteiger partial charge in [-0.2, -0.15) is 0 Å². The third kappa shape index (κ3) is 1.48. The molecule has 0 bridgehead atoms. The van der Waals surface area contributed by atoms with Crippen LogP contribution in [-0.4, -0.2) is 19.2 Å². The van der Waals surface area contributed by atoms with E-state index in [1.807, 2.05) is 30.3 Å². The van der Waals surface area contributed by atoms with Crippen LogP contribution in [0.4, 0.5) is 5.69 Å². The fraction of sp³-hybridized carbons (Fsp3) is 0.222. The van der Waals surface area contributed by atoms with Gasteiger partial charge in [0.15, 0.2) is 0 Å². The monoisotopic (exact) mass is 178 g/mol. The molecule has 1 fully saturated rings. The number of likely N-dealkylation sites (N-methyl/N-ethyl adjacent to an activating group) is 1. The smallest absolute Gasteiger partial charge is 0.274 e. The third-order valence-electron chi connectivity index (χ3n) is 1.86. The molecule has 1 atom stereocenters. The number of carbonyl (C=O) groups is 1. The van der Waals surface area contributed by atoms with E-state index in [-0.39, 0.29) is 5.91 Å². The van der Waals surface area contributed by atoms with Crippen molar-refractivity contribution in [3.63, 3.8) is 0 Å². The zero-order valence-corrected chi connectivity index (χ0v) is 7.23. The molecule has 0 spiro atoms. The van der Waals surface area contributed by atoms with Crippen LogP contribution >= 0.6 is 0 Å². The first-order valence-corrected chi connectivity index (χ1v) is 4.05. The Kier molecular flexibility index (Phi) is 1.90. The number of anilines is 1. The van der Waals surface area contributed by atoms with Gasteiger partial charge in [-0.3, -0.25) is 4.79 Å². The minimum absolute atomic E-state index is 0.121. The zero-order valence-electron chi connectivity index (χ0n) is 7.23. The lowest BCUT2D eigenvalue weighted by atomic mass is 10.3. The highest BCUT2D eigenvalue weighted by Gasteiger charge is 2.42. The average Bonchev–Trinajstić information content (AvgIpc) is 2.98. The van der Waals surface area contributed by atoms with Gasteiger partial charge in [0, 0.05) is 7.05 Å². The highest BCUT2D eigenvalue weighted by atomic mass is 16.8. The Labute approximate surface area is 76.1 Å². The van der Waals surface area contributed by atoms with Crippen LogP contribution in [0.5, 0.6) is 0 Å². The van der Waals surface area contributed by atoms with E-state index in [4.69, 9.17) is 4.84 Å². The SMILES string of the molecule is CNC(=O)C1ON1c1ccccc1. The summed E-state index contributed by atoms with van der Waals surface area (Å²) < 4.78 is 0. The summed E-state index contributed by atoms with van der Waals surface area (Å²) >= 11 is 0. The Morgan fingerprint density at radius 1 is 1.46 bits per heavy atom. The Balaban J connectivity index is 2.04. The largest absolute Gasteiger partial charge is 0.355 e. The lowest BCUT2D eigenvalue weighted by Gasteiger charge is -1.97. The van der Waals surface area contributed by atoms with Crippen LogP contribution in [0.3, 0.4) is 0 Å². The number of para-hydroxylation sites is 1. The second kappa shape index (κ2) is 3.06. The molecule has 1 N–H and O–H groups in total. The van der Waals surface area contributed by atoms with Gasteiger partial charge in [0.05, 0.1) is 5.69 Å². The Morgan fingerprint density at radius 3 is 2.77 bits per heavy atom. The molecule has 1 saturated heterocycles. The van der Waals surface area contributed by atoms with E-state index < -0.39 is 6.23 Å². The molecule has 1 amide bonds. The Bertz CT molecular complexity index is 313. The van der Waals surface area contributed by atoms with Gasteiger partial charge >= 0.3 is 0 Å². The fourth-order valence-corrected chi connectivity index (χ4v) is 1.13. The number of carbonyl (C=O) groups excluding carboxylic acids is 1. The van der Waals surface area contributed by atoms with E-state index in [1.54, 1.807) is 12.1 Å². The van der Waals surface area contributed by atoms with Gasteiger partial charge < -0.3 is 5.32 Å². The second-order valence-electron chi connectivity index (χ2n) is 2.73. The van der Waals surface area contributed by atoms with Crippen molar-refractivity contribution in [2.24, 2.45) is 0 Å². The van der Waals surface area contributed by atoms with E-state index in [2.05, 4.69) is 5.32 Å². The molecule has 1 aliphatic heterocycles. The third-order valence-corrected chi connectivity index (χ3v) is 1.86. The quantitative estimate of drug-likeness (QED) is 0.671. The van der Waals surface area contributed by atoms with Crippen molar-refractivity contribution in [2.75, 3.05) is 12.1 Å². The molecule has 2 rings (SSSR count). The van der Waals surface area contributed by atoms with Crippen molar-refractivity contribution < 1.29 is 9.63 Å². The molecule has 1 aliphatic rings. The van der Waals surface area contributed by atoms with E-state index in [0.29, 0.717) is 0 Å². The molecular weight excluding hydrogens is 168 g/mol. The first-order chi connectivity index (χ1) is 6.33. The van der Waals surface area contributed by atoms with Crippen molar-refractivity contribution in [1.82, 2.24) is 5.32 Å². The van der Waals surface area contributed by atoms with Gasteiger partial charge in [-0.05, 0) is 12.1 Å². The van der Waals surface area contributed by atoms with Crippen molar-refractivity contribution in [1.29, 1.82) is 0 Å². The van der Waals surface area contributed by atoms with Crippen molar-refractivity contribution in [3.05, 3.63) is 30.3 Å². The number of hydroxylamine groups is 1.